The average Bonchev–Trinajstić information content (AvgIpc) is 2.67. The standard InChI is InChI=1S/C13H16FNO2/c1-8-2-4-10(6-8)15-12-7-9(13(16)17)3-5-11(12)14/h3,5,7-8,10,15H,2,4,6H2,1H3,(H,16,17). The van der Waals surface area contributed by atoms with Crippen molar-refractivity contribution in [3.63, 3.8) is 0 Å². The molecule has 0 bridgehead atoms. The molecule has 1 saturated carbocycles. The van der Waals surface area contributed by atoms with Gasteiger partial charge in [-0.15, -0.1) is 0 Å². The van der Waals surface area contributed by atoms with E-state index >= 15 is 0 Å². The van der Waals surface area contributed by atoms with Crippen LogP contribution in [0.15, 0.2) is 18.2 Å². The number of hydrogen-bond acceptors (Lipinski definition) is 2. The van der Waals surface area contributed by atoms with Crippen molar-refractivity contribution in [1.29, 1.82) is 0 Å². The topological polar surface area (TPSA) is 49.3 Å². The molecule has 2 unspecified atom stereocenters. The van der Waals surface area contributed by atoms with Crippen LogP contribution in [-0.2, 0) is 0 Å². The predicted molar refractivity (Wildman–Crippen MR) is 63.8 cm³/mol. The Morgan fingerprint density at radius 3 is 2.82 bits per heavy atom. The zero-order valence-corrected chi connectivity index (χ0v) is 9.74. The molecule has 4 heteroatoms. The van der Waals surface area contributed by atoms with Crippen LogP contribution < -0.4 is 5.32 Å². The summed E-state index contributed by atoms with van der Waals surface area (Å²) in [6.07, 6.45) is 3.16. The highest BCUT2D eigenvalue weighted by atomic mass is 19.1. The van der Waals surface area contributed by atoms with Gasteiger partial charge in [-0.1, -0.05) is 6.92 Å². The highest BCUT2D eigenvalue weighted by Crippen LogP contribution is 2.28. The third-order valence-electron chi connectivity index (χ3n) is 3.27. The van der Waals surface area contributed by atoms with Gasteiger partial charge < -0.3 is 10.4 Å². The molecule has 1 aliphatic carbocycles. The minimum atomic E-state index is -1.03. The first-order chi connectivity index (χ1) is 8.06. The van der Waals surface area contributed by atoms with Gasteiger partial charge in [0, 0.05) is 6.04 Å². The van der Waals surface area contributed by atoms with Gasteiger partial charge in [0.2, 0.25) is 0 Å². The third kappa shape index (κ3) is 2.75. The quantitative estimate of drug-likeness (QED) is 0.849. The van der Waals surface area contributed by atoms with Crippen molar-refractivity contribution in [2.45, 2.75) is 32.2 Å². The van der Waals surface area contributed by atoms with E-state index in [1.807, 2.05) is 0 Å². The summed E-state index contributed by atoms with van der Waals surface area (Å²) in [7, 11) is 0. The van der Waals surface area contributed by atoms with E-state index in [0.717, 1.165) is 19.3 Å². The van der Waals surface area contributed by atoms with E-state index in [2.05, 4.69) is 12.2 Å². The second-order valence-electron chi connectivity index (χ2n) is 4.76. The van der Waals surface area contributed by atoms with Crippen LogP contribution in [0.2, 0.25) is 0 Å². The molecule has 2 N–H and O–H groups in total. The lowest BCUT2D eigenvalue weighted by molar-refractivity contribution is 0.0697. The van der Waals surface area contributed by atoms with E-state index in [0.29, 0.717) is 11.6 Å². The Morgan fingerprint density at radius 2 is 2.24 bits per heavy atom. The fourth-order valence-corrected chi connectivity index (χ4v) is 2.33. The maximum Gasteiger partial charge on any atom is 0.335 e. The van der Waals surface area contributed by atoms with E-state index < -0.39 is 11.8 Å². The van der Waals surface area contributed by atoms with E-state index in [1.165, 1.54) is 18.2 Å². The van der Waals surface area contributed by atoms with E-state index in [-0.39, 0.29) is 11.6 Å². The van der Waals surface area contributed by atoms with Gasteiger partial charge in [0.25, 0.3) is 0 Å². The summed E-state index contributed by atoms with van der Waals surface area (Å²) in [4.78, 5) is 10.8. The minimum Gasteiger partial charge on any atom is -0.478 e. The van der Waals surface area contributed by atoms with Crippen LogP contribution >= 0.6 is 0 Å². The first-order valence-electron chi connectivity index (χ1n) is 5.85. The van der Waals surface area contributed by atoms with Gasteiger partial charge >= 0.3 is 5.97 Å². The Kier molecular flexibility index (Phi) is 3.31. The summed E-state index contributed by atoms with van der Waals surface area (Å²) in [6, 6.07) is 4.09. The molecule has 0 spiro atoms. The molecular formula is C13H16FNO2. The fourth-order valence-electron chi connectivity index (χ4n) is 2.33. The van der Waals surface area contributed by atoms with Crippen molar-refractivity contribution in [2.75, 3.05) is 5.32 Å². The largest absolute Gasteiger partial charge is 0.478 e. The minimum absolute atomic E-state index is 0.111. The summed E-state index contributed by atoms with van der Waals surface area (Å²) in [6.45, 7) is 2.17. The molecule has 2 rings (SSSR count). The number of halogens is 1. The molecule has 0 aromatic heterocycles. The van der Waals surface area contributed by atoms with Crippen molar-refractivity contribution in [2.24, 2.45) is 5.92 Å². The maximum absolute atomic E-state index is 13.5. The van der Waals surface area contributed by atoms with Crippen molar-refractivity contribution < 1.29 is 14.3 Å². The van der Waals surface area contributed by atoms with Crippen molar-refractivity contribution >= 4 is 11.7 Å². The smallest absolute Gasteiger partial charge is 0.335 e. The zero-order valence-electron chi connectivity index (χ0n) is 9.74. The summed E-state index contributed by atoms with van der Waals surface area (Å²) >= 11 is 0. The molecule has 1 fully saturated rings. The number of carboxylic acid groups (broad SMARTS) is 1. The fraction of sp³-hybridized carbons (Fsp3) is 0.462. The van der Waals surface area contributed by atoms with Gasteiger partial charge in [-0.3, -0.25) is 0 Å². The predicted octanol–water partition coefficient (Wildman–Crippen LogP) is 3.12. The summed E-state index contributed by atoms with van der Waals surface area (Å²) in [5.74, 6) is -0.777. The number of aromatic carboxylic acids is 1. The van der Waals surface area contributed by atoms with Crippen LogP contribution in [0.25, 0.3) is 0 Å². The zero-order chi connectivity index (χ0) is 12.4. The highest BCUT2D eigenvalue weighted by molar-refractivity contribution is 5.88. The Balaban J connectivity index is 2.14. The van der Waals surface area contributed by atoms with Gasteiger partial charge in [-0.05, 0) is 43.4 Å². The molecule has 2 atom stereocenters. The molecule has 1 aromatic carbocycles. The molecule has 17 heavy (non-hydrogen) atoms. The molecule has 0 saturated heterocycles. The lowest BCUT2D eigenvalue weighted by Crippen LogP contribution is -2.16. The van der Waals surface area contributed by atoms with Crippen molar-refractivity contribution in [1.82, 2.24) is 0 Å². The Morgan fingerprint density at radius 1 is 1.47 bits per heavy atom. The third-order valence-corrected chi connectivity index (χ3v) is 3.27. The van der Waals surface area contributed by atoms with Crippen molar-refractivity contribution in [3.8, 4) is 0 Å². The molecule has 0 heterocycles. The van der Waals surface area contributed by atoms with Crippen LogP contribution in [0.4, 0.5) is 10.1 Å². The maximum atomic E-state index is 13.5. The van der Waals surface area contributed by atoms with Crippen LogP contribution in [0.3, 0.4) is 0 Å². The molecule has 0 amide bonds. The molecule has 0 radical (unpaired) electrons. The second kappa shape index (κ2) is 4.73. The SMILES string of the molecule is CC1CCC(Nc2cc(C(=O)O)ccc2F)C1. The highest BCUT2D eigenvalue weighted by Gasteiger charge is 2.22. The molecule has 92 valence electrons. The number of anilines is 1. The van der Waals surface area contributed by atoms with E-state index in [9.17, 15) is 9.18 Å². The lowest BCUT2D eigenvalue weighted by atomic mass is 10.1. The van der Waals surface area contributed by atoms with Gasteiger partial charge in [0.05, 0.1) is 11.3 Å². The summed E-state index contributed by atoms with van der Waals surface area (Å²) in [5, 5.41) is 11.9. The van der Waals surface area contributed by atoms with Crippen molar-refractivity contribution in [3.05, 3.63) is 29.6 Å². The Labute approximate surface area is 99.7 Å². The van der Waals surface area contributed by atoms with Gasteiger partial charge in [0.1, 0.15) is 5.82 Å². The summed E-state index contributed by atoms with van der Waals surface area (Å²) in [5.41, 5.74) is 0.406. The number of carboxylic acids is 1. The number of nitrogens with one attached hydrogen (secondary N) is 1. The van der Waals surface area contributed by atoms with E-state index in [1.54, 1.807) is 0 Å². The first-order valence-corrected chi connectivity index (χ1v) is 5.85. The Bertz CT molecular complexity index is 433. The number of rotatable bonds is 3. The van der Waals surface area contributed by atoms with Crippen LogP contribution in [0.5, 0.6) is 0 Å². The monoisotopic (exact) mass is 237 g/mol. The van der Waals surface area contributed by atoms with Crippen LogP contribution in [-0.4, -0.2) is 17.1 Å². The van der Waals surface area contributed by atoms with E-state index in [4.69, 9.17) is 5.11 Å². The lowest BCUT2D eigenvalue weighted by Gasteiger charge is -2.15. The van der Waals surface area contributed by atoms with Crippen LogP contribution in [0, 0.1) is 11.7 Å². The van der Waals surface area contributed by atoms with Crippen LogP contribution in [0.1, 0.15) is 36.5 Å². The Hall–Kier alpha value is -1.58. The number of carbonyl (C=O) groups is 1. The van der Waals surface area contributed by atoms with Gasteiger partial charge in [-0.25, -0.2) is 9.18 Å². The molecule has 1 aromatic rings. The molecular weight excluding hydrogens is 221 g/mol. The number of hydrogen-bond donors (Lipinski definition) is 2. The number of benzene rings is 1. The first kappa shape index (κ1) is 11.9. The normalized spacial score (nSPS) is 23.6. The molecule has 0 aliphatic heterocycles. The molecule has 1 aliphatic rings. The van der Waals surface area contributed by atoms with Gasteiger partial charge in [-0.2, -0.15) is 0 Å². The second-order valence-corrected chi connectivity index (χ2v) is 4.76. The average molecular weight is 237 g/mol. The molecule has 3 nitrogen and oxygen atoms in total. The summed E-state index contributed by atoms with van der Waals surface area (Å²) < 4.78 is 13.5. The van der Waals surface area contributed by atoms with Gasteiger partial charge in [0.15, 0.2) is 0 Å².